The summed E-state index contributed by atoms with van der Waals surface area (Å²) in [7, 11) is 0. The zero-order valence-electron chi connectivity index (χ0n) is 16.2. The number of carbonyl (C=O) groups excluding carboxylic acids is 1. The van der Waals surface area contributed by atoms with E-state index in [0.717, 1.165) is 38.9 Å². The Morgan fingerprint density at radius 3 is 2.74 bits per heavy atom. The van der Waals surface area contributed by atoms with Gasteiger partial charge in [-0.2, -0.15) is 0 Å². The molecule has 0 unspecified atom stereocenters. The van der Waals surface area contributed by atoms with Crippen LogP contribution >= 0.6 is 0 Å². The zero-order chi connectivity index (χ0) is 19.6. The minimum absolute atomic E-state index is 0.382. The van der Waals surface area contributed by atoms with Gasteiger partial charge in [-0.05, 0) is 68.1 Å². The normalized spacial score (nSPS) is 11.4. The SMILES string of the molecule is C=C(C)c1cc(-c2ccnc3[nH]ccc23)ccc1CNC(=O)OC(C)(C)C. The van der Waals surface area contributed by atoms with Gasteiger partial charge >= 0.3 is 6.09 Å². The Kier molecular flexibility index (Phi) is 5.04. The maximum atomic E-state index is 12.0. The van der Waals surface area contributed by atoms with Crippen LogP contribution in [-0.2, 0) is 11.3 Å². The number of allylic oxidation sites excluding steroid dienone is 1. The Labute approximate surface area is 159 Å². The first-order valence-electron chi connectivity index (χ1n) is 8.93. The van der Waals surface area contributed by atoms with Crippen molar-refractivity contribution in [3.05, 3.63) is 60.4 Å². The maximum Gasteiger partial charge on any atom is 0.407 e. The molecule has 0 bridgehead atoms. The van der Waals surface area contributed by atoms with Crippen LogP contribution in [-0.4, -0.2) is 21.7 Å². The molecular weight excluding hydrogens is 338 g/mol. The molecule has 0 aliphatic rings. The molecule has 140 valence electrons. The molecule has 0 spiro atoms. The molecule has 27 heavy (non-hydrogen) atoms. The van der Waals surface area contributed by atoms with Crippen LogP contribution in [0.15, 0.2) is 49.3 Å². The first kappa shape index (κ1) is 18.7. The quantitative estimate of drug-likeness (QED) is 0.662. The van der Waals surface area contributed by atoms with Crippen LogP contribution in [0.2, 0.25) is 0 Å². The molecule has 0 saturated heterocycles. The van der Waals surface area contributed by atoms with Gasteiger partial charge in [-0.15, -0.1) is 0 Å². The average Bonchev–Trinajstić information content (AvgIpc) is 3.07. The van der Waals surface area contributed by atoms with Crippen molar-refractivity contribution in [2.45, 2.75) is 39.8 Å². The van der Waals surface area contributed by atoms with Gasteiger partial charge in [0, 0.05) is 24.3 Å². The fourth-order valence-electron chi connectivity index (χ4n) is 2.99. The fourth-order valence-corrected chi connectivity index (χ4v) is 2.99. The number of carbonyl (C=O) groups is 1. The number of hydrogen-bond acceptors (Lipinski definition) is 3. The number of aromatic nitrogens is 2. The molecule has 5 nitrogen and oxygen atoms in total. The average molecular weight is 363 g/mol. The number of nitrogens with one attached hydrogen (secondary N) is 2. The smallest absolute Gasteiger partial charge is 0.407 e. The molecule has 3 rings (SSSR count). The first-order chi connectivity index (χ1) is 12.7. The second-order valence-electron chi connectivity index (χ2n) is 7.61. The standard InChI is InChI=1S/C22H25N3O2/c1-14(2)19-12-15(17-8-10-23-20-18(17)9-11-24-20)6-7-16(19)13-25-21(26)27-22(3,4)5/h6-12H,1,13H2,2-5H3,(H,23,24)(H,25,26). The maximum absolute atomic E-state index is 12.0. The summed E-state index contributed by atoms with van der Waals surface area (Å²) in [5.41, 5.74) is 5.49. The topological polar surface area (TPSA) is 67.0 Å². The summed E-state index contributed by atoms with van der Waals surface area (Å²) in [5.74, 6) is 0. The number of hydrogen-bond donors (Lipinski definition) is 2. The van der Waals surface area contributed by atoms with Crippen molar-refractivity contribution in [3.63, 3.8) is 0 Å². The van der Waals surface area contributed by atoms with Crippen LogP contribution in [0.3, 0.4) is 0 Å². The van der Waals surface area contributed by atoms with E-state index in [0.29, 0.717) is 6.54 Å². The second kappa shape index (κ2) is 7.27. The number of pyridine rings is 1. The van der Waals surface area contributed by atoms with Crippen LogP contribution < -0.4 is 5.32 Å². The molecule has 0 saturated carbocycles. The van der Waals surface area contributed by atoms with Crippen LogP contribution in [0.25, 0.3) is 27.7 Å². The highest BCUT2D eigenvalue weighted by atomic mass is 16.6. The van der Waals surface area contributed by atoms with Crippen molar-refractivity contribution in [2.24, 2.45) is 0 Å². The van der Waals surface area contributed by atoms with Crippen molar-refractivity contribution in [1.82, 2.24) is 15.3 Å². The zero-order valence-corrected chi connectivity index (χ0v) is 16.2. The first-order valence-corrected chi connectivity index (χ1v) is 8.93. The third kappa shape index (κ3) is 4.37. The van der Waals surface area contributed by atoms with Gasteiger partial charge in [0.1, 0.15) is 11.2 Å². The lowest BCUT2D eigenvalue weighted by Gasteiger charge is -2.20. The van der Waals surface area contributed by atoms with Crippen molar-refractivity contribution >= 4 is 22.7 Å². The molecule has 2 aromatic heterocycles. The molecule has 2 N–H and O–H groups in total. The van der Waals surface area contributed by atoms with Crippen LogP contribution in [0.1, 0.15) is 38.8 Å². The van der Waals surface area contributed by atoms with Gasteiger partial charge in [-0.25, -0.2) is 9.78 Å². The predicted octanol–water partition coefficient (Wildman–Crippen LogP) is 5.29. The largest absolute Gasteiger partial charge is 0.444 e. The van der Waals surface area contributed by atoms with Gasteiger partial charge in [0.25, 0.3) is 0 Å². The van der Waals surface area contributed by atoms with E-state index in [4.69, 9.17) is 4.74 Å². The number of benzene rings is 1. The minimum atomic E-state index is -0.519. The number of fused-ring (bicyclic) bond motifs is 1. The third-order valence-corrected chi connectivity index (χ3v) is 4.16. The summed E-state index contributed by atoms with van der Waals surface area (Å²) in [6.45, 7) is 12.0. The third-order valence-electron chi connectivity index (χ3n) is 4.16. The van der Waals surface area contributed by atoms with E-state index in [2.05, 4.69) is 34.0 Å². The van der Waals surface area contributed by atoms with Crippen LogP contribution in [0, 0.1) is 0 Å². The fraction of sp³-hybridized carbons (Fsp3) is 0.273. The van der Waals surface area contributed by atoms with Gasteiger partial charge in [0.05, 0.1) is 0 Å². The Hall–Kier alpha value is -3.08. The second-order valence-corrected chi connectivity index (χ2v) is 7.61. The molecule has 2 heterocycles. The summed E-state index contributed by atoms with van der Waals surface area (Å²) in [5, 5.41) is 3.89. The number of rotatable bonds is 4. The highest BCUT2D eigenvalue weighted by Gasteiger charge is 2.16. The van der Waals surface area contributed by atoms with Crippen LogP contribution in [0.4, 0.5) is 4.79 Å². The Morgan fingerprint density at radius 2 is 2.04 bits per heavy atom. The molecule has 0 aliphatic heterocycles. The minimum Gasteiger partial charge on any atom is -0.444 e. The Bertz CT molecular complexity index is 996. The number of alkyl carbamates (subject to hydrolysis) is 1. The molecule has 5 heteroatoms. The molecule has 1 aromatic carbocycles. The lowest BCUT2D eigenvalue weighted by molar-refractivity contribution is 0.0523. The highest BCUT2D eigenvalue weighted by molar-refractivity contribution is 5.93. The predicted molar refractivity (Wildman–Crippen MR) is 109 cm³/mol. The van der Waals surface area contributed by atoms with Crippen molar-refractivity contribution in [2.75, 3.05) is 0 Å². The van der Waals surface area contributed by atoms with Gasteiger partial charge in [-0.3, -0.25) is 0 Å². The Balaban J connectivity index is 1.88. The monoisotopic (exact) mass is 363 g/mol. The number of amides is 1. The molecular formula is C22H25N3O2. The molecule has 0 aliphatic carbocycles. The summed E-state index contributed by atoms with van der Waals surface area (Å²) < 4.78 is 5.31. The number of ether oxygens (including phenoxy) is 1. The van der Waals surface area contributed by atoms with Crippen molar-refractivity contribution < 1.29 is 9.53 Å². The number of aromatic amines is 1. The van der Waals surface area contributed by atoms with Crippen LogP contribution in [0.5, 0.6) is 0 Å². The number of H-pyrrole nitrogens is 1. The van der Waals surface area contributed by atoms with E-state index in [1.807, 2.05) is 52.1 Å². The lowest BCUT2D eigenvalue weighted by Crippen LogP contribution is -2.32. The van der Waals surface area contributed by atoms with E-state index in [9.17, 15) is 4.79 Å². The van der Waals surface area contributed by atoms with E-state index in [-0.39, 0.29) is 0 Å². The van der Waals surface area contributed by atoms with Gasteiger partial charge < -0.3 is 15.0 Å². The number of nitrogens with zero attached hydrogens (tertiary/aromatic N) is 1. The summed E-state index contributed by atoms with van der Waals surface area (Å²) in [6, 6.07) is 10.2. The molecule has 1 amide bonds. The highest BCUT2D eigenvalue weighted by Crippen LogP contribution is 2.30. The molecule has 3 aromatic rings. The summed E-state index contributed by atoms with van der Waals surface area (Å²) >= 11 is 0. The van der Waals surface area contributed by atoms with Gasteiger partial charge in [0.15, 0.2) is 0 Å². The van der Waals surface area contributed by atoms with Gasteiger partial charge in [-0.1, -0.05) is 24.3 Å². The Morgan fingerprint density at radius 1 is 1.26 bits per heavy atom. The summed E-state index contributed by atoms with van der Waals surface area (Å²) in [6.07, 6.45) is 3.26. The molecule has 0 radical (unpaired) electrons. The lowest BCUT2D eigenvalue weighted by atomic mass is 9.95. The van der Waals surface area contributed by atoms with Crippen molar-refractivity contribution in [1.29, 1.82) is 0 Å². The molecule has 0 fully saturated rings. The van der Waals surface area contributed by atoms with E-state index in [1.54, 1.807) is 6.20 Å². The van der Waals surface area contributed by atoms with E-state index >= 15 is 0 Å². The molecule has 0 atom stereocenters. The van der Waals surface area contributed by atoms with E-state index < -0.39 is 11.7 Å². The van der Waals surface area contributed by atoms with Crippen molar-refractivity contribution in [3.8, 4) is 11.1 Å². The summed E-state index contributed by atoms with van der Waals surface area (Å²) in [4.78, 5) is 19.4. The van der Waals surface area contributed by atoms with Gasteiger partial charge in [0.2, 0.25) is 0 Å². The van der Waals surface area contributed by atoms with E-state index in [1.165, 1.54) is 0 Å².